The number of ether oxygens (including phenoxy) is 2. The number of likely N-dealkylation sites (tertiary alicyclic amines) is 1. The summed E-state index contributed by atoms with van der Waals surface area (Å²) in [7, 11) is 6.50. The molecule has 3 rings (SSSR count). The topological polar surface area (TPSA) is 204 Å². The van der Waals surface area contributed by atoms with Crippen LogP contribution in [0.3, 0.4) is 0 Å². The summed E-state index contributed by atoms with van der Waals surface area (Å²) in [5, 5.41) is 17.4. The fourth-order valence-electron chi connectivity index (χ4n) is 9.08. The Balaban J connectivity index is 1.71. The molecule has 17 heteroatoms. The van der Waals surface area contributed by atoms with Crippen LogP contribution in [0, 0.1) is 23.7 Å². The van der Waals surface area contributed by atoms with E-state index in [9.17, 15) is 38.7 Å². The largest absolute Gasteiger partial charge is 0.386 e. The van der Waals surface area contributed by atoms with E-state index in [4.69, 9.17) is 14.3 Å². The van der Waals surface area contributed by atoms with Gasteiger partial charge in [-0.05, 0) is 63.1 Å². The molecule has 64 heavy (non-hydrogen) atoms. The number of methoxy groups -OCH3 is 2. The molecule has 0 aliphatic carbocycles. The Kier molecular flexibility index (Phi) is 21.3. The Morgan fingerprint density at radius 2 is 1.50 bits per heavy atom. The van der Waals surface area contributed by atoms with Crippen LogP contribution in [0.1, 0.15) is 118 Å². The average Bonchev–Trinajstić information content (AvgIpc) is 3.87. The van der Waals surface area contributed by atoms with Gasteiger partial charge < -0.3 is 39.9 Å². The third-order valence-corrected chi connectivity index (χ3v) is 12.9. The number of aliphatic hydroxyl groups is 1. The highest BCUT2D eigenvalue weighted by atomic mass is 16.7. The standard InChI is InChI=1S/C47H76N6O11/c1-13-30(6)42(35(62-11)27-38(56)52-26-17-21-34(52)44(63-12)31(7)45(59)48-32(8)43(58)33-19-15-14-16-20-33)51(10)47(61)40(28(2)3)49-46(60)41(29(4)5)50(9)25-18-22-39(57)64-53-36(54)23-24-37(53)55/h14-16,19-20,28-32,34-35,40-44,58H,13,17-18,21-27H2,1-12H3,(H,48,59)(H,49,60)/t30-,31+,32+,34-,35+,40-,41-,42-,43+,44+/m0/s1. The van der Waals surface area contributed by atoms with Gasteiger partial charge in [0.25, 0.3) is 11.8 Å². The minimum absolute atomic E-state index is 0.00299. The van der Waals surface area contributed by atoms with E-state index in [0.717, 1.165) is 6.42 Å². The first-order chi connectivity index (χ1) is 30.2. The number of amides is 6. The van der Waals surface area contributed by atoms with E-state index in [1.165, 1.54) is 14.2 Å². The molecule has 2 heterocycles. The van der Waals surface area contributed by atoms with Gasteiger partial charge in [-0.3, -0.25) is 33.7 Å². The number of nitrogens with one attached hydrogen (secondary N) is 2. The van der Waals surface area contributed by atoms with Crippen LogP contribution in [-0.4, -0.2) is 150 Å². The SMILES string of the molecule is CC[C@H](C)[C@@H]([C@@H](CC(=O)N1CCC[C@H]1[C@H](OC)[C@@H](C)C(=O)N[C@H](C)[C@@H](O)c1ccccc1)OC)N(C)C(=O)[C@@H](NC(=O)[C@H](C(C)C)N(C)CCCC(=O)ON1C(=O)CCC1=O)C(C)C. The number of carbonyl (C=O) groups excluding carboxylic acids is 7. The zero-order chi connectivity index (χ0) is 48.0. The van der Waals surface area contributed by atoms with Gasteiger partial charge in [0, 0.05) is 47.1 Å². The molecule has 2 saturated heterocycles. The molecule has 0 unspecified atom stereocenters. The number of carbonyl (C=O) groups is 7. The summed E-state index contributed by atoms with van der Waals surface area (Å²) in [4.78, 5) is 103. The molecule has 6 amide bonds. The summed E-state index contributed by atoms with van der Waals surface area (Å²) in [6.07, 6.45) is -0.0140. The number of hydroxylamine groups is 2. The Labute approximate surface area is 380 Å². The highest BCUT2D eigenvalue weighted by molar-refractivity contribution is 6.01. The van der Waals surface area contributed by atoms with Gasteiger partial charge in [-0.25, -0.2) is 4.79 Å². The van der Waals surface area contributed by atoms with Crippen molar-refractivity contribution in [2.45, 2.75) is 155 Å². The summed E-state index contributed by atoms with van der Waals surface area (Å²) < 4.78 is 12.0. The lowest BCUT2D eigenvalue weighted by Crippen LogP contribution is -2.60. The molecule has 17 nitrogen and oxygen atoms in total. The fourth-order valence-corrected chi connectivity index (χ4v) is 9.08. The second-order valence-electron chi connectivity index (χ2n) is 18.3. The summed E-state index contributed by atoms with van der Waals surface area (Å²) >= 11 is 0. The quantitative estimate of drug-likeness (QED) is 0.121. The van der Waals surface area contributed by atoms with Crippen molar-refractivity contribution in [1.82, 2.24) is 30.4 Å². The van der Waals surface area contributed by atoms with Crippen LogP contribution < -0.4 is 10.6 Å². The van der Waals surface area contributed by atoms with Gasteiger partial charge in [0.05, 0.1) is 54.8 Å². The van der Waals surface area contributed by atoms with E-state index in [-0.39, 0.29) is 73.1 Å². The summed E-state index contributed by atoms with van der Waals surface area (Å²) in [5.74, 6) is -4.21. The maximum atomic E-state index is 14.5. The highest BCUT2D eigenvalue weighted by Gasteiger charge is 2.43. The molecule has 360 valence electrons. The zero-order valence-corrected chi connectivity index (χ0v) is 40.2. The molecule has 0 aromatic heterocycles. The first-order valence-corrected chi connectivity index (χ1v) is 22.9. The molecule has 2 aliphatic heterocycles. The fraction of sp³-hybridized carbons (Fsp3) is 0.723. The van der Waals surface area contributed by atoms with Crippen molar-refractivity contribution in [1.29, 1.82) is 0 Å². The van der Waals surface area contributed by atoms with Gasteiger partial charge >= 0.3 is 5.97 Å². The van der Waals surface area contributed by atoms with E-state index in [2.05, 4.69) is 10.6 Å². The number of aliphatic hydroxyl groups excluding tert-OH is 1. The smallest absolute Gasteiger partial charge is 0.333 e. The van der Waals surface area contributed by atoms with Gasteiger partial charge in [0.1, 0.15) is 6.04 Å². The molecule has 0 radical (unpaired) electrons. The van der Waals surface area contributed by atoms with Crippen molar-refractivity contribution in [3.05, 3.63) is 35.9 Å². The zero-order valence-electron chi connectivity index (χ0n) is 40.2. The molecule has 1 aromatic rings. The normalized spacial score (nSPS) is 19.8. The van der Waals surface area contributed by atoms with Crippen LogP contribution in [0.5, 0.6) is 0 Å². The third kappa shape index (κ3) is 14.0. The Morgan fingerprint density at radius 3 is 2.05 bits per heavy atom. The van der Waals surface area contributed by atoms with Gasteiger partial charge in [-0.2, -0.15) is 0 Å². The molecule has 0 bridgehead atoms. The molecule has 2 fully saturated rings. The molecule has 0 spiro atoms. The van der Waals surface area contributed by atoms with E-state index in [0.29, 0.717) is 43.0 Å². The van der Waals surface area contributed by atoms with Crippen LogP contribution in [0.25, 0.3) is 0 Å². The minimum Gasteiger partial charge on any atom is -0.386 e. The molecular weight excluding hydrogens is 825 g/mol. The van der Waals surface area contributed by atoms with E-state index in [1.807, 2.05) is 64.6 Å². The summed E-state index contributed by atoms with van der Waals surface area (Å²) in [6.45, 7) is 15.8. The van der Waals surface area contributed by atoms with Crippen molar-refractivity contribution in [2.75, 3.05) is 41.4 Å². The van der Waals surface area contributed by atoms with E-state index in [1.54, 1.807) is 49.9 Å². The van der Waals surface area contributed by atoms with Crippen LogP contribution in [-0.2, 0) is 47.9 Å². The summed E-state index contributed by atoms with van der Waals surface area (Å²) in [5.41, 5.74) is 0.688. The number of hydrogen-bond acceptors (Lipinski definition) is 12. The predicted octanol–water partition coefficient (Wildman–Crippen LogP) is 3.63. The number of hydrogen-bond donors (Lipinski definition) is 3. The third-order valence-electron chi connectivity index (χ3n) is 12.9. The number of benzene rings is 1. The Morgan fingerprint density at radius 1 is 0.875 bits per heavy atom. The molecular formula is C47H76N6O11. The predicted molar refractivity (Wildman–Crippen MR) is 240 cm³/mol. The second kappa shape index (κ2) is 25.3. The number of imide groups is 1. The van der Waals surface area contributed by atoms with Crippen LogP contribution in [0.2, 0.25) is 0 Å². The van der Waals surface area contributed by atoms with Crippen molar-refractivity contribution in [2.24, 2.45) is 23.7 Å². The first-order valence-electron chi connectivity index (χ1n) is 22.9. The number of likely N-dealkylation sites (N-methyl/N-ethyl adjacent to an activating group) is 2. The maximum Gasteiger partial charge on any atom is 0.333 e. The van der Waals surface area contributed by atoms with Crippen molar-refractivity contribution in [3.8, 4) is 0 Å². The lowest BCUT2D eigenvalue weighted by Gasteiger charge is -2.41. The minimum atomic E-state index is -0.910. The van der Waals surface area contributed by atoms with Crippen LogP contribution in [0.4, 0.5) is 0 Å². The molecule has 0 saturated carbocycles. The second-order valence-corrected chi connectivity index (χ2v) is 18.3. The van der Waals surface area contributed by atoms with Gasteiger partial charge in [-0.1, -0.05) is 85.2 Å². The van der Waals surface area contributed by atoms with E-state index >= 15 is 0 Å². The van der Waals surface area contributed by atoms with Crippen molar-refractivity contribution < 1.29 is 53.0 Å². The maximum absolute atomic E-state index is 14.5. The number of nitrogens with zero attached hydrogens (tertiary/aromatic N) is 4. The molecule has 1 aromatic carbocycles. The lowest BCUT2D eigenvalue weighted by molar-refractivity contribution is -0.197. The monoisotopic (exact) mass is 901 g/mol. The van der Waals surface area contributed by atoms with Crippen molar-refractivity contribution >= 4 is 41.4 Å². The van der Waals surface area contributed by atoms with Gasteiger partial charge in [-0.15, -0.1) is 5.06 Å². The van der Waals surface area contributed by atoms with Crippen LogP contribution in [0.15, 0.2) is 30.3 Å². The molecule has 2 aliphatic rings. The molecule has 3 N–H and O–H groups in total. The van der Waals surface area contributed by atoms with Gasteiger partial charge in [0.15, 0.2) is 0 Å². The Hall–Kier alpha value is -4.45. The first kappa shape index (κ1) is 53.9. The van der Waals surface area contributed by atoms with Crippen molar-refractivity contribution in [3.63, 3.8) is 0 Å². The van der Waals surface area contributed by atoms with Crippen LogP contribution >= 0.6 is 0 Å². The highest BCUT2D eigenvalue weighted by Crippen LogP contribution is 2.30. The number of rotatable bonds is 25. The van der Waals surface area contributed by atoms with E-state index < -0.39 is 66.2 Å². The lowest BCUT2D eigenvalue weighted by atomic mass is 9.89. The average molecular weight is 901 g/mol. The molecule has 10 atom stereocenters. The van der Waals surface area contributed by atoms with Gasteiger partial charge in [0.2, 0.25) is 23.6 Å². The summed E-state index contributed by atoms with van der Waals surface area (Å²) in [6, 6.07) is 6.04. The Bertz CT molecular complexity index is 1710.